The van der Waals surface area contributed by atoms with Crippen LogP contribution in [0.2, 0.25) is 18.6 Å². The first kappa shape index (κ1) is 11.9. The largest absolute Gasteiger partial charge is 0.0839 e. The highest BCUT2D eigenvalue weighted by atomic mass is 28.3. The van der Waals surface area contributed by atoms with Crippen molar-refractivity contribution in [1.29, 1.82) is 0 Å². The van der Waals surface area contributed by atoms with Crippen LogP contribution in [0.15, 0.2) is 30.3 Å². The van der Waals surface area contributed by atoms with Crippen molar-refractivity contribution in [2.24, 2.45) is 5.92 Å². The SMILES string of the molecule is CC1CCCCC1[Si](C)(C)c1ccccc1. The van der Waals surface area contributed by atoms with E-state index in [1.807, 2.05) is 0 Å². The molecule has 1 fully saturated rings. The van der Waals surface area contributed by atoms with Gasteiger partial charge in [0.05, 0.1) is 8.07 Å². The number of hydrogen-bond donors (Lipinski definition) is 0. The minimum atomic E-state index is -1.24. The lowest BCUT2D eigenvalue weighted by Crippen LogP contribution is -2.48. The van der Waals surface area contributed by atoms with E-state index in [1.165, 1.54) is 25.7 Å². The van der Waals surface area contributed by atoms with Gasteiger partial charge in [0.2, 0.25) is 0 Å². The summed E-state index contributed by atoms with van der Waals surface area (Å²) in [6.07, 6.45) is 5.83. The Morgan fingerprint density at radius 3 is 2.25 bits per heavy atom. The molecule has 0 nitrogen and oxygen atoms in total. The van der Waals surface area contributed by atoms with Gasteiger partial charge < -0.3 is 0 Å². The van der Waals surface area contributed by atoms with E-state index in [-0.39, 0.29) is 0 Å². The highest BCUT2D eigenvalue weighted by Crippen LogP contribution is 2.40. The standard InChI is InChI=1S/C15H24Si/c1-13-9-7-8-12-15(13)16(2,3)14-10-5-4-6-11-14/h4-6,10-11,13,15H,7-9,12H2,1-3H3. The van der Waals surface area contributed by atoms with E-state index < -0.39 is 8.07 Å². The molecule has 1 aliphatic carbocycles. The molecule has 1 aromatic rings. The van der Waals surface area contributed by atoms with E-state index in [2.05, 4.69) is 50.3 Å². The zero-order chi connectivity index (χ0) is 11.6. The average molecular weight is 232 g/mol. The van der Waals surface area contributed by atoms with Gasteiger partial charge in [-0.05, 0) is 11.5 Å². The normalized spacial score (nSPS) is 26.7. The highest BCUT2D eigenvalue weighted by Gasteiger charge is 2.37. The molecule has 0 aliphatic heterocycles. The molecule has 0 radical (unpaired) electrons. The molecule has 0 aromatic heterocycles. The molecule has 88 valence electrons. The van der Waals surface area contributed by atoms with Gasteiger partial charge in [0.1, 0.15) is 0 Å². The summed E-state index contributed by atoms with van der Waals surface area (Å²) in [7, 11) is -1.24. The summed E-state index contributed by atoms with van der Waals surface area (Å²) in [5.41, 5.74) is 0.989. The molecule has 0 saturated heterocycles. The lowest BCUT2D eigenvalue weighted by molar-refractivity contribution is 0.377. The van der Waals surface area contributed by atoms with E-state index in [1.54, 1.807) is 5.19 Å². The van der Waals surface area contributed by atoms with Gasteiger partial charge in [-0.1, -0.05) is 81.2 Å². The van der Waals surface area contributed by atoms with Gasteiger partial charge in [-0.3, -0.25) is 0 Å². The fourth-order valence-electron chi connectivity index (χ4n) is 3.47. The van der Waals surface area contributed by atoms with Crippen LogP contribution in [0.1, 0.15) is 32.6 Å². The van der Waals surface area contributed by atoms with Crippen LogP contribution in [0, 0.1) is 5.92 Å². The molecular weight excluding hydrogens is 208 g/mol. The van der Waals surface area contributed by atoms with Gasteiger partial charge in [0.15, 0.2) is 0 Å². The minimum absolute atomic E-state index is 0.940. The number of rotatable bonds is 2. The Hall–Kier alpha value is -0.563. The van der Waals surface area contributed by atoms with E-state index in [0.29, 0.717) is 0 Å². The Balaban J connectivity index is 2.23. The topological polar surface area (TPSA) is 0 Å². The molecular formula is C15H24Si. The molecule has 1 aromatic carbocycles. The summed E-state index contributed by atoms with van der Waals surface area (Å²) in [5, 5.41) is 1.65. The molecule has 1 aliphatic rings. The molecule has 16 heavy (non-hydrogen) atoms. The van der Waals surface area contributed by atoms with E-state index in [9.17, 15) is 0 Å². The van der Waals surface area contributed by atoms with Crippen LogP contribution in [0.5, 0.6) is 0 Å². The zero-order valence-electron chi connectivity index (χ0n) is 10.9. The van der Waals surface area contributed by atoms with Crippen molar-refractivity contribution in [1.82, 2.24) is 0 Å². The lowest BCUT2D eigenvalue weighted by Gasteiger charge is -2.40. The molecule has 0 spiro atoms. The van der Waals surface area contributed by atoms with Crippen LogP contribution in [-0.4, -0.2) is 8.07 Å². The summed E-state index contributed by atoms with van der Waals surface area (Å²) in [4.78, 5) is 0. The highest BCUT2D eigenvalue weighted by molar-refractivity contribution is 6.91. The minimum Gasteiger partial charge on any atom is -0.0652 e. The monoisotopic (exact) mass is 232 g/mol. The second-order valence-electron chi connectivity index (χ2n) is 5.96. The first-order chi connectivity index (χ1) is 7.62. The molecule has 1 heteroatoms. The predicted molar refractivity (Wildman–Crippen MR) is 74.9 cm³/mol. The Morgan fingerprint density at radius 2 is 1.62 bits per heavy atom. The van der Waals surface area contributed by atoms with E-state index >= 15 is 0 Å². The first-order valence-electron chi connectivity index (χ1n) is 6.68. The Morgan fingerprint density at radius 1 is 1.00 bits per heavy atom. The average Bonchev–Trinajstić information content (AvgIpc) is 2.30. The molecule has 2 unspecified atom stereocenters. The molecule has 2 rings (SSSR count). The van der Waals surface area contributed by atoms with Crippen LogP contribution < -0.4 is 5.19 Å². The fraction of sp³-hybridized carbons (Fsp3) is 0.600. The summed E-state index contributed by atoms with van der Waals surface area (Å²) in [6.45, 7) is 7.60. The molecule has 2 atom stereocenters. The van der Waals surface area contributed by atoms with Gasteiger partial charge in [-0.2, -0.15) is 0 Å². The van der Waals surface area contributed by atoms with Gasteiger partial charge >= 0.3 is 0 Å². The molecule has 0 bridgehead atoms. The van der Waals surface area contributed by atoms with Crippen molar-refractivity contribution >= 4 is 13.3 Å². The Bertz CT molecular complexity index is 329. The van der Waals surface area contributed by atoms with Crippen molar-refractivity contribution < 1.29 is 0 Å². The lowest BCUT2D eigenvalue weighted by atomic mass is 9.90. The Labute approximate surface area is 101 Å². The summed E-state index contributed by atoms with van der Waals surface area (Å²) >= 11 is 0. The maximum absolute atomic E-state index is 2.56. The van der Waals surface area contributed by atoms with Gasteiger partial charge in [0, 0.05) is 0 Å². The van der Waals surface area contributed by atoms with Crippen molar-refractivity contribution in [2.75, 3.05) is 0 Å². The second kappa shape index (κ2) is 4.75. The molecule has 0 heterocycles. The third kappa shape index (κ3) is 2.24. The Kier molecular flexibility index (Phi) is 3.53. The third-order valence-electron chi connectivity index (χ3n) is 4.56. The maximum atomic E-state index is 2.56. The van der Waals surface area contributed by atoms with Crippen LogP contribution in [0.25, 0.3) is 0 Å². The summed E-state index contributed by atoms with van der Waals surface area (Å²) in [6, 6.07) is 11.3. The van der Waals surface area contributed by atoms with Crippen LogP contribution in [0.3, 0.4) is 0 Å². The van der Waals surface area contributed by atoms with Gasteiger partial charge in [0.25, 0.3) is 0 Å². The van der Waals surface area contributed by atoms with Crippen molar-refractivity contribution in [3.8, 4) is 0 Å². The third-order valence-corrected chi connectivity index (χ3v) is 9.09. The number of benzene rings is 1. The fourth-order valence-corrected chi connectivity index (χ4v) is 7.46. The smallest absolute Gasteiger partial charge is 0.0652 e. The molecule has 0 amide bonds. The summed E-state index contributed by atoms with van der Waals surface area (Å²) in [5.74, 6) is 0.940. The summed E-state index contributed by atoms with van der Waals surface area (Å²) < 4.78 is 0. The molecule has 0 N–H and O–H groups in total. The van der Waals surface area contributed by atoms with Crippen LogP contribution in [-0.2, 0) is 0 Å². The number of hydrogen-bond acceptors (Lipinski definition) is 0. The predicted octanol–water partition coefficient (Wildman–Crippen LogP) is 4.18. The molecule has 1 saturated carbocycles. The second-order valence-corrected chi connectivity index (χ2v) is 10.7. The van der Waals surface area contributed by atoms with Gasteiger partial charge in [-0.15, -0.1) is 0 Å². The van der Waals surface area contributed by atoms with Crippen molar-refractivity contribution in [3.63, 3.8) is 0 Å². The first-order valence-corrected chi connectivity index (χ1v) is 9.75. The van der Waals surface area contributed by atoms with Crippen molar-refractivity contribution in [2.45, 2.75) is 51.2 Å². The van der Waals surface area contributed by atoms with Crippen LogP contribution >= 0.6 is 0 Å². The van der Waals surface area contributed by atoms with E-state index in [4.69, 9.17) is 0 Å². The zero-order valence-corrected chi connectivity index (χ0v) is 11.9. The maximum Gasteiger partial charge on any atom is 0.0839 e. The van der Waals surface area contributed by atoms with E-state index in [0.717, 1.165) is 11.5 Å². The quantitative estimate of drug-likeness (QED) is 0.671. The van der Waals surface area contributed by atoms with Crippen LogP contribution in [0.4, 0.5) is 0 Å². The van der Waals surface area contributed by atoms with Gasteiger partial charge in [-0.25, -0.2) is 0 Å². The van der Waals surface area contributed by atoms with Crippen molar-refractivity contribution in [3.05, 3.63) is 30.3 Å².